The highest BCUT2D eigenvalue weighted by molar-refractivity contribution is 5.61. The number of benzene rings is 1. The Bertz CT molecular complexity index is 287. The molecule has 0 amide bonds. The van der Waals surface area contributed by atoms with Crippen molar-refractivity contribution in [3.63, 3.8) is 0 Å². The van der Waals surface area contributed by atoms with Crippen LogP contribution in [0.5, 0.6) is 0 Å². The molecule has 0 fully saturated rings. The van der Waals surface area contributed by atoms with E-state index < -0.39 is 0 Å². The molecule has 0 aromatic heterocycles. The van der Waals surface area contributed by atoms with Crippen molar-refractivity contribution in [1.82, 2.24) is 0 Å². The van der Waals surface area contributed by atoms with Crippen molar-refractivity contribution in [1.29, 1.82) is 0 Å². The molecule has 0 aliphatic rings. The van der Waals surface area contributed by atoms with Crippen LogP contribution in [0.1, 0.15) is 44.9 Å². The molecule has 1 rings (SSSR count). The minimum atomic E-state index is 0.101. The molecule has 0 saturated heterocycles. The molecule has 14 heavy (non-hydrogen) atoms. The zero-order chi connectivity index (χ0) is 11.1. The molecule has 1 aromatic rings. The molecule has 0 spiro atoms. The topological polar surface area (TPSA) is 26.0 Å². The lowest BCUT2D eigenvalue weighted by Crippen LogP contribution is -2.04. The SMILES string of the molecule is C=C(C)c1cccc(C(C)N)c1.CC. The Labute approximate surface area is 87.6 Å². The summed E-state index contributed by atoms with van der Waals surface area (Å²) in [5.41, 5.74) is 9.17. The predicted octanol–water partition coefficient (Wildman–Crippen LogP) is 3.77. The fourth-order valence-corrected chi connectivity index (χ4v) is 1.09. The number of allylic oxidation sites excluding steroid dienone is 1. The van der Waals surface area contributed by atoms with E-state index in [1.54, 1.807) is 0 Å². The minimum Gasteiger partial charge on any atom is -0.324 e. The van der Waals surface area contributed by atoms with Gasteiger partial charge in [-0.1, -0.05) is 44.2 Å². The van der Waals surface area contributed by atoms with E-state index in [0.29, 0.717) is 0 Å². The molecule has 0 aliphatic heterocycles. The van der Waals surface area contributed by atoms with E-state index in [1.807, 2.05) is 45.9 Å². The molecular formula is C13H21N. The summed E-state index contributed by atoms with van der Waals surface area (Å²) in [7, 11) is 0. The Morgan fingerprint density at radius 1 is 1.36 bits per heavy atom. The van der Waals surface area contributed by atoms with Crippen molar-refractivity contribution in [3.05, 3.63) is 42.0 Å². The third kappa shape index (κ3) is 3.75. The summed E-state index contributed by atoms with van der Waals surface area (Å²) in [6, 6.07) is 8.30. The first-order chi connectivity index (χ1) is 6.61. The molecule has 2 N–H and O–H groups in total. The average molecular weight is 191 g/mol. The van der Waals surface area contributed by atoms with Gasteiger partial charge in [-0.3, -0.25) is 0 Å². The molecule has 1 nitrogen and oxygen atoms in total. The second-order valence-corrected chi connectivity index (χ2v) is 3.19. The lowest BCUT2D eigenvalue weighted by molar-refractivity contribution is 0.818. The van der Waals surface area contributed by atoms with E-state index in [4.69, 9.17) is 5.73 Å². The fraction of sp³-hybridized carbons (Fsp3) is 0.385. The summed E-state index contributed by atoms with van der Waals surface area (Å²) >= 11 is 0. The lowest BCUT2D eigenvalue weighted by Gasteiger charge is -2.07. The van der Waals surface area contributed by atoms with Gasteiger partial charge in [0, 0.05) is 6.04 Å². The summed E-state index contributed by atoms with van der Waals surface area (Å²) < 4.78 is 0. The van der Waals surface area contributed by atoms with E-state index in [-0.39, 0.29) is 6.04 Å². The molecular weight excluding hydrogens is 170 g/mol. The Morgan fingerprint density at radius 3 is 2.36 bits per heavy atom. The Hall–Kier alpha value is -1.08. The van der Waals surface area contributed by atoms with Crippen LogP contribution in [0, 0.1) is 0 Å². The van der Waals surface area contributed by atoms with Crippen molar-refractivity contribution in [2.75, 3.05) is 0 Å². The number of hydrogen-bond donors (Lipinski definition) is 1. The van der Waals surface area contributed by atoms with Crippen LogP contribution < -0.4 is 5.73 Å². The third-order valence-electron chi connectivity index (χ3n) is 1.91. The predicted molar refractivity (Wildman–Crippen MR) is 65.1 cm³/mol. The maximum Gasteiger partial charge on any atom is 0.0266 e. The average Bonchev–Trinajstić information content (AvgIpc) is 2.21. The van der Waals surface area contributed by atoms with Crippen molar-refractivity contribution in [2.45, 2.75) is 33.7 Å². The number of rotatable bonds is 2. The van der Waals surface area contributed by atoms with Gasteiger partial charge in [-0.25, -0.2) is 0 Å². The summed E-state index contributed by atoms with van der Waals surface area (Å²) in [5, 5.41) is 0. The molecule has 1 heteroatoms. The van der Waals surface area contributed by atoms with Gasteiger partial charge in [0.1, 0.15) is 0 Å². The first kappa shape index (κ1) is 12.9. The van der Waals surface area contributed by atoms with Gasteiger partial charge < -0.3 is 5.73 Å². The van der Waals surface area contributed by atoms with Crippen LogP contribution in [-0.2, 0) is 0 Å². The quantitative estimate of drug-likeness (QED) is 0.756. The van der Waals surface area contributed by atoms with Crippen molar-refractivity contribution < 1.29 is 0 Å². The second kappa shape index (κ2) is 6.39. The van der Waals surface area contributed by atoms with Gasteiger partial charge in [0.15, 0.2) is 0 Å². The molecule has 78 valence electrons. The van der Waals surface area contributed by atoms with Gasteiger partial charge in [0.2, 0.25) is 0 Å². The summed E-state index contributed by atoms with van der Waals surface area (Å²) in [5.74, 6) is 0. The van der Waals surface area contributed by atoms with Crippen LogP contribution in [0.2, 0.25) is 0 Å². The molecule has 1 atom stereocenters. The van der Waals surface area contributed by atoms with Gasteiger partial charge in [-0.2, -0.15) is 0 Å². The third-order valence-corrected chi connectivity index (χ3v) is 1.91. The summed E-state index contributed by atoms with van der Waals surface area (Å²) in [4.78, 5) is 0. The summed E-state index contributed by atoms with van der Waals surface area (Å²) in [6.07, 6.45) is 0. The van der Waals surface area contributed by atoms with Crippen LogP contribution in [0.15, 0.2) is 30.8 Å². The smallest absolute Gasteiger partial charge is 0.0266 e. The zero-order valence-electron chi connectivity index (χ0n) is 9.67. The maximum atomic E-state index is 5.75. The van der Waals surface area contributed by atoms with Crippen LogP contribution in [0.3, 0.4) is 0 Å². The van der Waals surface area contributed by atoms with Gasteiger partial charge >= 0.3 is 0 Å². The van der Waals surface area contributed by atoms with Gasteiger partial charge in [-0.15, -0.1) is 0 Å². The van der Waals surface area contributed by atoms with E-state index in [9.17, 15) is 0 Å². The van der Waals surface area contributed by atoms with E-state index in [2.05, 4.69) is 12.6 Å². The normalized spacial score (nSPS) is 11.2. The van der Waals surface area contributed by atoms with Gasteiger partial charge in [0.05, 0.1) is 0 Å². The molecule has 1 unspecified atom stereocenters. The molecule has 0 aliphatic carbocycles. The highest BCUT2D eigenvalue weighted by atomic mass is 14.6. The van der Waals surface area contributed by atoms with Crippen LogP contribution >= 0.6 is 0 Å². The Balaban J connectivity index is 0.000000791. The second-order valence-electron chi connectivity index (χ2n) is 3.19. The van der Waals surface area contributed by atoms with Crippen molar-refractivity contribution in [3.8, 4) is 0 Å². The van der Waals surface area contributed by atoms with Crippen molar-refractivity contribution in [2.24, 2.45) is 5.73 Å². The molecule has 0 radical (unpaired) electrons. The largest absolute Gasteiger partial charge is 0.324 e. The fourth-order valence-electron chi connectivity index (χ4n) is 1.09. The molecule has 0 heterocycles. The Morgan fingerprint density at radius 2 is 1.93 bits per heavy atom. The first-order valence-electron chi connectivity index (χ1n) is 5.12. The lowest BCUT2D eigenvalue weighted by atomic mass is 10.0. The highest BCUT2D eigenvalue weighted by Gasteiger charge is 1.99. The van der Waals surface area contributed by atoms with Crippen LogP contribution in [-0.4, -0.2) is 0 Å². The van der Waals surface area contributed by atoms with E-state index in [0.717, 1.165) is 11.1 Å². The summed E-state index contributed by atoms with van der Waals surface area (Å²) in [6.45, 7) is 11.9. The standard InChI is InChI=1S/C11H15N.C2H6/c1-8(2)10-5-4-6-11(7-10)9(3)12;1-2/h4-7,9H,1,12H2,2-3H3;1-2H3. The van der Waals surface area contributed by atoms with E-state index in [1.165, 1.54) is 5.56 Å². The van der Waals surface area contributed by atoms with Crippen molar-refractivity contribution >= 4 is 5.57 Å². The molecule has 0 saturated carbocycles. The highest BCUT2D eigenvalue weighted by Crippen LogP contribution is 2.16. The maximum absolute atomic E-state index is 5.75. The van der Waals surface area contributed by atoms with Crippen LogP contribution in [0.4, 0.5) is 0 Å². The Kier molecular flexibility index (Phi) is 5.89. The van der Waals surface area contributed by atoms with Gasteiger partial charge in [-0.05, 0) is 31.0 Å². The van der Waals surface area contributed by atoms with Crippen LogP contribution in [0.25, 0.3) is 5.57 Å². The first-order valence-corrected chi connectivity index (χ1v) is 5.12. The number of nitrogens with two attached hydrogens (primary N) is 1. The minimum absolute atomic E-state index is 0.101. The zero-order valence-corrected chi connectivity index (χ0v) is 9.67. The monoisotopic (exact) mass is 191 g/mol. The number of hydrogen-bond acceptors (Lipinski definition) is 1. The van der Waals surface area contributed by atoms with E-state index >= 15 is 0 Å². The molecule has 1 aromatic carbocycles. The van der Waals surface area contributed by atoms with Gasteiger partial charge in [0.25, 0.3) is 0 Å². The molecule has 0 bridgehead atoms.